The number of hydrogen-bond donors (Lipinski definition) is 1. The van der Waals surface area contributed by atoms with Crippen molar-refractivity contribution in [2.45, 2.75) is 50.8 Å². The maximum absolute atomic E-state index is 12.5. The zero-order chi connectivity index (χ0) is 17.2. The molecule has 0 bridgehead atoms. The number of nitrogens with one attached hydrogen (secondary N) is 1. The molecule has 1 N–H and O–H groups in total. The number of carbonyl (C=O) groups is 2. The second kappa shape index (κ2) is 7.15. The van der Waals surface area contributed by atoms with E-state index in [9.17, 15) is 9.59 Å². The van der Waals surface area contributed by atoms with Crippen LogP contribution < -0.4 is 5.32 Å². The predicted molar refractivity (Wildman–Crippen MR) is 94.3 cm³/mol. The van der Waals surface area contributed by atoms with Crippen molar-refractivity contribution in [2.75, 3.05) is 12.4 Å². The Morgan fingerprint density at radius 1 is 1.38 bits per heavy atom. The van der Waals surface area contributed by atoms with Gasteiger partial charge in [-0.1, -0.05) is 24.3 Å². The van der Waals surface area contributed by atoms with E-state index in [1.165, 1.54) is 0 Å². The molecule has 3 rings (SSSR count). The topological polar surface area (TPSA) is 58.6 Å². The van der Waals surface area contributed by atoms with E-state index < -0.39 is 0 Å². The van der Waals surface area contributed by atoms with Crippen LogP contribution in [0.4, 0.5) is 0 Å². The van der Waals surface area contributed by atoms with Crippen molar-refractivity contribution < 1.29 is 14.3 Å². The lowest BCUT2D eigenvalue weighted by Gasteiger charge is -2.29. The minimum absolute atomic E-state index is 0.0557. The van der Waals surface area contributed by atoms with Gasteiger partial charge in [0.1, 0.15) is 6.04 Å². The first-order valence-electron chi connectivity index (χ1n) is 8.43. The molecule has 1 aromatic rings. The Bertz CT molecular complexity index is 619. The summed E-state index contributed by atoms with van der Waals surface area (Å²) in [4.78, 5) is 26.2. The lowest BCUT2D eigenvalue weighted by Crippen LogP contribution is -2.49. The monoisotopic (exact) mass is 348 g/mol. The Morgan fingerprint density at radius 3 is 2.79 bits per heavy atom. The molecule has 130 valence electrons. The summed E-state index contributed by atoms with van der Waals surface area (Å²) in [6.45, 7) is 5.82. The fraction of sp³-hybridized carbons (Fsp3) is 0.556. The molecule has 5 nitrogen and oxygen atoms in total. The van der Waals surface area contributed by atoms with E-state index >= 15 is 0 Å². The summed E-state index contributed by atoms with van der Waals surface area (Å²) in [5.74, 6) is 0.726. The lowest BCUT2D eigenvalue weighted by atomic mass is 10.1. The Balaban J connectivity index is 1.55. The Kier molecular flexibility index (Phi) is 5.15. The van der Waals surface area contributed by atoms with Crippen molar-refractivity contribution in [3.05, 3.63) is 35.4 Å². The molecule has 2 fully saturated rings. The van der Waals surface area contributed by atoms with Gasteiger partial charge in [-0.15, -0.1) is 11.8 Å². The zero-order valence-electron chi connectivity index (χ0n) is 14.2. The Labute approximate surface area is 147 Å². The third kappa shape index (κ3) is 3.44. The number of fused-ring (bicyclic) bond motifs is 1. The highest BCUT2D eigenvalue weighted by molar-refractivity contribution is 8.01. The minimum Gasteiger partial charge on any atom is -0.377 e. The maximum Gasteiger partial charge on any atom is 0.243 e. The van der Waals surface area contributed by atoms with Crippen LogP contribution in [0.1, 0.15) is 37.8 Å². The normalized spacial score (nSPS) is 25.8. The van der Waals surface area contributed by atoms with Crippen molar-refractivity contribution in [3.63, 3.8) is 0 Å². The number of carbonyl (C=O) groups excluding carboxylic acids is 2. The van der Waals surface area contributed by atoms with Gasteiger partial charge in [-0.25, -0.2) is 0 Å². The van der Waals surface area contributed by atoms with Crippen LogP contribution in [0.5, 0.6) is 0 Å². The number of nitrogens with zero attached hydrogens (tertiary/aromatic N) is 1. The Hall–Kier alpha value is -1.53. The van der Waals surface area contributed by atoms with Gasteiger partial charge in [0.25, 0.3) is 0 Å². The van der Waals surface area contributed by atoms with Crippen LogP contribution in [0.3, 0.4) is 0 Å². The second-order valence-electron chi connectivity index (χ2n) is 6.44. The van der Waals surface area contributed by atoms with E-state index in [-0.39, 0.29) is 22.7 Å². The number of amides is 2. The fourth-order valence-corrected chi connectivity index (χ4v) is 4.73. The highest BCUT2D eigenvalue weighted by Gasteiger charge is 2.52. The molecule has 24 heavy (non-hydrogen) atoms. The molecule has 0 spiro atoms. The van der Waals surface area contributed by atoms with E-state index in [0.717, 1.165) is 17.5 Å². The maximum atomic E-state index is 12.5. The first kappa shape index (κ1) is 17.3. The van der Waals surface area contributed by atoms with E-state index in [4.69, 9.17) is 4.74 Å². The third-order valence-corrected chi connectivity index (χ3v) is 6.22. The van der Waals surface area contributed by atoms with Crippen LogP contribution in [0, 0.1) is 0 Å². The highest BCUT2D eigenvalue weighted by atomic mass is 32.2. The van der Waals surface area contributed by atoms with Crippen molar-refractivity contribution in [2.24, 2.45) is 0 Å². The van der Waals surface area contributed by atoms with Crippen LogP contribution in [0.15, 0.2) is 24.3 Å². The average molecular weight is 348 g/mol. The first-order valence-corrected chi connectivity index (χ1v) is 9.41. The SMILES string of the molecule is CCOCc1ccc(CNC(=O)C2CSC3(C)CCC(=O)N23)cc1. The predicted octanol–water partition coefficient (Wildman–Crippen LogP) is 2.29. The third-order valence-electron chi connectivity index (χ3n) is 4.71. The van der Waals surface area contributed by atoms with Gasteiger partial charge in [0.05, 0.1) is 11.5 Å². The van der Waals surface area contributed by atoms with Gasteiger partial charge < -0.3 is 15.0 Å². The summed E-state index contributed by atoms with van der Waals surface area (Å²) in [6.07, 6.45) is 1.39. The zero-order valence-corrected chi connectivity index (χ0v) is 15.0. The van der Waals surface area contributed by atoms with Crippen molar-refractivity contribution >= 4 is 23.6 Å². The standard InChI is InChI=1S/C18H24N2O3S/c1-3-23-11-14-6-4-13(5-7-14)10-19-17(22)15-12-24-18(2)9-8-16(21)20(15)18/h4-7,15H,3,8-12H2,1-2H3,(H,19,22). The van der Waals surface area contributed by atoms with E-state index in [1.807, 2.05) is 31.2 Å². The number of rotatable bonds is 6. The molecular formula is C18H24N2O3S. The molecule has 2 heterocycles. The summed E-state index contributed by atoms with van der Waals surface area (Å²) in [6, 6.07) is 7.70. The van der Waals surface area contributed by atoms with Crippen molar-refractivity contribution in [1.82, 2.24) is 10.2 Å². The molecule has 0 aliphatic carbocycles. The number of thioether (sulfide) groups is 1. The van der Waals surface area contributed by atoms with Gasteiger partial charge in [0.15, 0.2) is 0 Å². The lowest BCUT2D eigenvalue weighted by molar-refractivity contribution is -0.138. The molecule has 0 aromatic heterocycles. The van der Waals surface area contributed by atoms with Crippen LogP contribution in [-0.2, 0) is 27.5 Å². The number of hydrogen-bond acceptors (Lipinski definition) is 4. The van der Waals surface area contributed by atoms with Gasteiger partial charge in [-0.3, -0.25) is 9.59 Å². The molecule has 2 amide bonds. The average Bonchev–Trinajstić information content (AvgIpc) is 3.08. The first-order chi connectivity index (χ1) is 11.5. The van der Waals surface area contributed by atoms with E-state index in [2.05, 4.69) is 12.2 Å². The van der Waals surface area contributed by atoms with Gasteiger partial charge in [0.2, 0.25) is 11.8 Å². The van der Waals surface area contributed by atoms with Crippen LogP contribution >= 0.6 is 11.8 Å². The molecular weight excluding hydrogens is 324 g/mol. The summed E-state index contributed by atoms with van der Waals surface area (Å²) >= 11 is 1.72. The van der Waals surface area contributed by atoms with Gasteiger partial charge in [0, 0.05) is 25.3 Å². The molecule has 2 aliphatic rings. The molecule has 0 radical (unpaired) electrons. The van der Waals surface area contributed by atoms with Crippen molar-refractivity contribution in [3.8, 4) is 0 Å². The highest BCUT2D eigenvalue weighted by Crippen LogP contribution is 2.47. The summed E-state index contributed by atoms with van der Waals surface area (Å²) in [7, 11) is 0. The molecule has 6 heteroatoms. The number of benzene rings is 1. The van der Waals surface area contributed by atoms with E-state index in [1.54, 1.807) is 16.7 Å². The molecule has 0 saturated carbocycles. The molecule has 2 unspecified atom stereocenters. The molecule has 2 saturated heterocycles. The Morgan fingerprint density at radius 2 is 2.08 bits per heavy atom. The van der Waals surface area contributed by atoms with Crippen LogP contribution in [0.25, 0.3) is 0 Å². The number of ether oxygens (including phenoxy) is 1. The quantitative estimate of drug-likeness (QED) is 0.857. The molecule has 1 aromatic carbocycles. The summed E-state index contributed by atoms with van der Waals surface area (Å²) in [5.41, 5.74) is 2.17. The van der Waals surface area contributed by atoms with Gasteiger partial charge in [-0.2, -0.15) is 0 Å². The van der Waals surface area contributed by atoms with Gasteiger partial charge in [-0.05, 0) is 31.4 Å². The second-order valence-corrected chi connectivity index (χ2v) is 7.94. The smallest absolute Gasteiger partial charge is 0.243 e. The van der Waals surface area contributed by atoms with Gasteiger partial charge >= 0.3 is 0 Å². The molecule has 2 aliphatic heterocycles. The van der Waals surface area contributed by atoms with E-state index in [0.29, 0.717) is 31.9 Å². The summed E-state index contributed by atoms with van der Waals surface area (Å²) in [5, 5.41) is 2.98. The minimum atomic E-state index is -0.341. The van der Waals surface area contributed by atoms with Crippen LogP contribution in [-0.4, -0.2) is 40.0 Å². The van der Waals surface area contributed by atoms with Crippen LogP contribution in [0.2, 0.25) is 0 Å². The fourth-order valence-electron chi connectivity index (χ4n) is 3.29. The largest absolute Gasteiger partial charge is 0.377 e. The molecule has 2 atom stereocenters. The summed E-state index contributed by atoms with van der Waals surface area (Å²) < 4.78 is 5.38. The van der Waals surface area contributed by atoms with Crippen molar-refractivity contribution in [1.29, 1.82) is 0 Å².